The van der Waals surface area contributed by atoms with Gasteiger partial charge >= 0.3 is 6.03 Å². The Morgan fingerprint density at radius 3 is 2.10 bits per heavy atom. The van der Waals surface area contributed by atoms with Crippen molar-refractivity contribution < 1.29 is 24.0 Å². The van der Waals surface area contributed by atoms with Crippen LogP contribution in [0.3, 0.4) is 0 Å². The number of likely N-dealkylation sites (tertiary alicyclic amines) is 1. The van der Waals surface area contributed by atoms with Gasteiger partial charge in [-0.2, -0.15) is 0 Å². The van der Waals surface area contributed by atoms with Gasteiger partial charge in [-0.1, -0.05) is 50.3 Å². The largest absolute Gasteiger partial charge is 0.349 e. The maximum Gasteiger partial charge on any atom is 0.315 e. The Morgan fingerprint density at radius 2 is 1.51 bits per heavy atom. The summed E-state index contributed by atoms with van der Waals surface area (Å²) < 4.78 is 0. The first-order chi connectivity index (χ1) is 24.4. The number of urea groups is 1. The number of piperidine rings is 1. The maximum absolute atomic E-state index is 14.9. The molecule has 1 heterocycles. The van der Waals surface area contributed by atoms with Crippen molar-refractivity contribution >= 4 is 29.5 Å². The molecule has 51 heavy (non-hydrogen) atoms. The zero-order chi connectivity index (χ0) is 36.1. The SMILES string of the molecule is C=CCCNC(=O)C(=O)[C@H](CCC=C)NC(=O)[C@@H]1[C@@H]2[C@H](CN1C(=O)[C@@H](NC(=O)NC13CC4CC(CC(C4)C1)C3)C1Cc3ccccc3C1)C2(C)C. The van der Waals surface area contributed by atoms with Crippen molar-refractivity contribution in [1.29, 1.82) is 0 Å². The van der Waals surface area contributed by atoms with Crippen LogP contribution in [0.2, 0.25) is 0 Å². The summed E-state index contributed by atoms with van der Waals surface area (Å²) in [6.45, 7) is 12.3. The molecule has 0 radical (unpaired) electrons. The van der Waals surface area contributed by atoms with Crippen LogP contribution in [0.1, 0.15) is 82.8 Å². The Morgan fingerprint density at radius 1 is 0.902 bits per heavy atom. The summed E-state index contributed by atoms with van der Waals surface area (Å²) in [6.07, 6.45) is 12.6. The van der Waals surface area contributed by atoms with Crippen molar-refractivity contribution in [3.63, 3.8) is 0 Å². The lowest BCUT2D eigenvalue weighted by Gasteiger charge is -2.56. The molecule has 0 spiro atoms. The van der Waals surface area contributed by atoms with Crippen molar-refractivity contribution in [2.45, 2.75) is 108 Å². The second kappa shape index (κ2) is 13.9. The highest BCUT2D eigenvalue weighted by molar-refractivity contribution is 6.38. The Labute approximate surface area is 302 Å². The van der Waals surface area contributed by atoms with Gasteiger partial charge in [0.05, 0.1) is 6.04 Å². The highest BCUT2D eigenvalue weighted by Gasteiger charge is 2.70. The third-order valence-electron chi connectivity index (χ3n) is 13.4. The first-order valence-corrected chi connectivity index (χ1v) is 19.2. The molecule has 1 aromatic carbocycles. The zero-order valence-corrected chi connectivity index (χ0v) is 30.3. The standard InChI is InChI=1S/C41H55N5O5/c1-5-7-13-31(35(47)37(49)42-14-8-6-2)43-36(48)34-32-30(40(32,3)4)23-46(34)38(50)33(29-18-27-11-9-10-12-28(27)19-29)44-39(51)45-41-20-24-15-25(21-41)17-26(16-24)22-41/h5-6,9-12,24-26,29-34H,1-2,7-8,13-23H2,3-4H3,(H,42,49)(H,43,48)(H2,44,45,51)/t24?,25?,26?,30-,31-,32-,33-,34-,41?/m0/s1. The van der Waals surface area contributed by atoms with Crippen molar-refractivity contribution in [3.05, 3.63) is 60.7 Å². The van der Waals surface area contributed by atoms with Gasteiger partial charge in [0.25, 0.3) is 5.91 Å². The molecule has 5 amide bonds. The quantitative estimate of drug-likeness (QED) is 0.131. The summed E-state index contributed by atoms with van der Waals surface area (Å²) in [5.41, 5.74) is 1.98. The van der Waals surface area contributed by atoms with Crippen LogP contribution >= 0.6 is 0 Å². The van der Waals surface area contributed by atoms with E-state index in [0.29, 0.717) is 50.0 Å². The molecule has 1 saturated heterocycles. The molecule has 6 fully saturated rings. The van der Waals surface area contributed by atoms with E-state index in [-0.39, 0.29) is 53.6 Å². The first kappa shape index (κ1) is 35.5. The van der Waals surface area contributed by atoms with Crippen molar-refractivity contribution in [1.82, 2.24) is 26.2 Å². The lowest BCUT2D eigenvalue weighted by atomic mass is 9.53. The van der Waals surface area contributed by atoms with Crippen molar-refractivity contribution in [3.8, 4) is 0 Å². The number of nitrogens with one attached hydrogen (secondary N) is 4. The van der Waals surface area contributed by atoms with Gasteiger partial charge in [0.15, 0.2) is 0 Å². The Hall–Kier alpha value is -3.95. The summed E-state index contributed by atoms with van der Waals surface area (Å²) >= 11 is 0. The van der Waals surface area contributed by atoms with Crippen LogP contribution in [0.15, 0.2) is 49.6 Å². The molecule has 1 aliphatic heterocycles. The Balaban J connectivity index is 1.11. The molecule has 0 unspecified atom stereocenters. The predicted octanol–water partition coefficient (Wildman–Crippen LogP) is 4.23. The van der Waals surface area contributed by atoms with Gasteiger partial charge in [-0.3, -0.25) is 19.2 Å². The summed E-state index contributed by atoms with van der Waals surface area (Å²) in [5.74, 6) is -0.322. The van der Waals surface area contributed by atoms with E-state index in [9.17, 15) is 24.0 Å². The molecule has 4 bridgehead atoms. The zero-order valence-electron chi connectivity index (χ0n) is 30.3. The summed E-state index contributed by atoms with van der Waals surface area (Å²) in [7, 11) is 0. The molecule has 10 nitrogen and oxygen atoms in total. The molecule has 7 aliphatic rings. The lowest BCUT2D eigenvalue weighted by Crippen LogP contribution is -2.64. The van der Waals surface area contributed by atoms with E-state index in [1.54, 1.807) is 17.1 Å². The van der Waals surface area contributed by atoms with Gasteiger partial charge in [-0.25, -0.2) is 4.79 Å². The van der Waals surface area contributed by atoms with Crippen LogP contribution in [0.4, 0.5) is 4.79 Å². The molecule has 274 valence electrons. The molecule has 0 aromatic heterocycles. The number of allylic oxidation sites excluding steroid dienone is 1. The summed E-state index contributed by atoms with van der Waals surface area (Å²) in [5, 5.41) is 12.1. The van der Waals surface area contributed by atoms with Crippen LogP contribution < -0.4 is 21.3 Å². The number of fused-ring (bicyclic) bond motifs is 2. The Kier molecular flexibility index (Phi) is 9.65. The average molecular weight is 698 g/mol. The number of carbonyl (C=O) groups is 5. The molecule has 10 heteroatoms. The molecular formula is C41H55N5O5. The first-order valence-electron chi connectivity index (χ1n) is 19.2. The number of carbonyl (C=O) groups excluding carboxylic acids is 5. The molecule has 4 N–H and O–H groups in total. The second-order valence-electron chi connectivity index (χ2n) is 17.2. The van der Waals surface area contributed by atoms with E-state index in [2.05, 4.69) is 60.4 Å². The fraction of sp³-hybridized carbons (Fsp3) is 0.634. The number of nitrogens with zero attached hydrogens (tertiary/aromatic N) is 1. The number of hydrogen-bond donors (Lipinski definition) is 4. The van der Waals surface area contributed by atoms with Gasteiger partial charge < -0.3 is 26.2 Å². The molecule has 6 aliphatic carbocycles. The number of hydrogen-bond acceptors (Lipinski definition) is 5. The highest BCUT2D eigenvalue weighted by Crippen LogP contribution is 2.65. The van der Waals surface area contributed by atoms with Gasteiger partial charge in [-0.05, 0) is 123 Å². The van der Waals surface area contributed by atoms with Crippen LogP contribution in [-0.4, -0.2) is 71.2 Å². The third kappa shape index (κ3) is 6.87. The fourth-order valence-electron chi connectivity index (χ4n) is 11.2. The van der Waals surface area contributed by atoms with Gasteiger partial charge in [0.2, 0.25) is 17.6 Å². The molecule has 5 saturated carbocycles. The lowest BCUT2D eigenvalue weighted by molar-refractivity contribution is -0.144. The summed E-state index contributed by atoms with van der Waals surface area (Å²) in [4.78, 5) is 70.8. The van der Waals surface area contributed by atoms with Crippen molar-refractivity contribution in [2.75, 3.05) is 13.1 Å². The molecule has 5 atom stereocenters. The van der Waals surface area contributed by atoms with E-state index in [1.165, 1.54) is 30.4 Å². The van der Waals surface area contributed by atoms with E-state index >= 15 is 0 Å². The monoisotopic (exact) mass is 697 g/mol. The molecule has 1 aromatic rings. The average Bonchev–Trinajstić information content (AvgIpc) is 3.44. The number of ketones is 1. The van der Waals surface area contributed by atoms with Crippen molar-refractivity contribution in [2.24, 2.45) is 40.9 Å². The minimum Gasteiger partial charge on any atom is -0.349 e. The van der Waals surface area contributed by atoms with Crippen LogP contribution in [0, 0.1) is 40.9 Å². The van der Waals surface area contributed by atoms with E-state index in [4.69, 9.17) is 0 Å². The van der Waals surface area contributed by atoms with Gasteiger partial charge in [0.1, 0.15) is 12.1 Å². The maximum atomic E-state index is 14.9. The topological polar surface area (TPSA) is 137 Å². The van der Waals surface area contributed by atoms with E-state index in [1.807, 2.05) is 12.1 Å². The van der Waals surface area contributed by atoms with E-state index in [0.717, 1.165) is 19.3 Å². The van der Waals surface area contributed by atoms with Crippen LogP contribution in [0.25, 0.3) is 0 Å². The minimum absolute atomic E-state index is 0.0969. The van der Waals surface area contributed by atoms with Gasteiger partial charge in [0, 0.05) is 18.6 Å². The van der Waals surface area contributed by atoms with Crippen LogP contribution in [0.5, 0.6) is 0 Å². The smallest absolute Gasteiger partial charge is 0.315 e. The number of benzene rings is 1. The van der Waals surface area contributed by atoms with Crippen LogP contribution in [-0.2, 0) is 32.0 Å². The predicted molar refractivity (Wildman–Crippen MR) is 194 cm³/mol. The number of Topliss-reactive ketones (excluding diaryl/α,β-unsaturated/α-hetero) is 1. The number of amides is 5. The highest BCUT2D eigenvalue weighted by atomic mass is 16.2. The second-order valence-corrected chi connectivity index (χ2v) is 17.2. The molecular weight excluding hydrogens is 642 g/mol. The fourth-order valence-corrected chi connectivity index (χ4v) is 11.2. The Bertz CT molecular complexity index is 1540. The van der Waals surface area contributed by atoms with E-state index < -0.39 is 35.7 Å². The number of rotatable bonds is 14. The summed E-state index contributed by atoms with van der Waals surface area (Å²) in [6, 6.07) is 5.19. The van der Waals surface area contributed by atoms with Gasteiger partial charge in [-0.15, -0.1) is 13.2 Å². The normalized spacial score (nSPS) is 31.8. The minimum atomic E-state index is -1.05. The molecule has 8 rings (SSSR count). The third-order valence-corrected chi connectivity index (χ3v) is 13.4.